The SMILES string of the molecule is O=C(Nc1ccccc1F)N1CC=C(c2cc3c(Nc4ccc5ncsc5c4)ncnc3[nH]2)CC1. The van der Waals surface area contributed by atoms with E-state index in [-0.39, 0.29) is 11.7 Å². The predicted molar refractivity (Wildman–Crippen MR) is 136 cm³/mol. The van der Waals surface area contributed by atoms with Crippen molar-refractivity contribution in [2.24, 2.45) is 0 Å². The second kappa shape index (κ2) is 8.80. The summed E-state index contributed by atoms with van der Waals surface area (Å²) < 4.78 is 15.0. The van der Waals surface area contributed by atoms with Gasteiger partial charge in [-0.15, -0.1) is 11.3 Å². The molecule has 0 fully saturated rings. The molecule has 0 saturated heterocycles. The van der Waals surface area contributed by atoms with Crippen molar-refractivity contribution >= 4 is 61.4 Å². The van der Waals surface area contributed by atoms with Gasteiger partial charge in [0, 0.05) is 24.5 Å². The van der Waals surface area contributed by atoms with Crippen LogP contribution in [-0.4, -0.2) is 44.0 Å². The first-order valence-corrected chi connectivity index (χ1v) is 12.0. The number of aromatic nitrogens is 4. The third-order valence-electron chi connectivity index (χ3n) is 5.98. The average molecular weight is 486 g/mol. The lowest BCUT2D eigenvalue weighted by Crippen LogP contribution is -2.38. The molecule has 0 aliphatic carbocycles. The molecule has 1 aliphatic heterocycles. The maximum atomic E-state index is 13.9. The van der Waals surface area contributed by atoms with E-state index in [1.165, 1.54) is 12.4 Å². The number of nitrogens with zero attached hydrogens (tertiary/aromatic N) is 4. The predicted octanol–water partition coefficient (Wildman–Crippen LogP) is 5.77. The second-order valence-corrected chi connectivity index (χ2v) is 9.05. The molecule has 4 heterocycles. The van der Waals surface area contributed by atoms with Gasteiger partial charge in [-0.05, 0) is 48.4 Å². The van der Waals surface area contributed by atoms with Crippen molar-refractivity contribution < 1.29 is 9.18 Å². The van der Waals surface area contributed by atoms with E-state index in [2.05, 4.69) is 36.6 Å². The molecular weight excluding hydrogens is 465 g/mol. The maximum Gasteiger partial charge on any atom is 0.322 e. The summed E-state index contributed by atoms with van der Waals surface area (Å²) in [5, 5.41) is 6.91. The molecule has 5 aromatic rings. The number of hydrogen-bond donors (Lipinski definition) is 3. The lowest BCUT2D eigenvalue weighted by atomic mass is 10.1. The first kappa shape index (κ1) is 21.2. The molecule has 10 heteroatoms. The number of anilines is 3. The number of benzene rings is 2. The number of urea groups is 1. The number of fused-ring (bicyclic) bond motifs is 2. The summed E-state index contributed by atoms with van der Waals surface area (Å²) in [5.41, 5.74) is 6.67. The Balaban J connectivity index is 1.20. The summed E-state index contributed by atoms with van der Waals surface area (Å²) in [4.78, 5) is 30.7. The number of halogens is 1. The zero-order valence-electron chi connectivity index (χ0n) is 18.5. The molecule has 3 N–H and O–H groups in total. The van der Waals surface area contributed by atoms with E-state index >= 15 is 0 Å². The minimum Gasteiger partial charge on any atom is -0.340 e. The van der Waals surface area contributed by atoms with Crippen LogP contribution in [0.5, 0.6) is 0 Å². The molecule has 2 amide bonds. The van der Waals surface area contributed by atoms with Crippen LogP contribution in [0.4, 0.5) is 26.4 Å². The van der Waals surface area contributed by atoms with Crippen LogP contribution in [0.15, 0.2) is 66.4 Å². The highest BCUT2D eigenvalue weighted by atomic mass is 32.1. The van der Waals surface area contributed by atoms with Crippen LogP contribution >= 0.6 is 11.3 Å². The first-order valence-electron chi connectivity index (χ1n) is 11.1. The number of amides is 2. The van der Waals surface area contributed by atoms with Gasteiger partial charge in [0.2, 0.25) is 0 Å². The highest BCUT2D eigenvalue weighted by Crippen LogP contribution is 2.30. The Morgan fingerprint density at radius 1 is 1.11 bits per heavy atom. The summed E-state index contributed by atoms with van der Waals surface area (Å²) >= 11 is 1.59. The van der Waals surface area contributed by atoms with Gasteiger partial charge in [-0.3, -0.25) is 0 Å². The summed E-state index contributed by atoms with van der Waals surface area (Å²) in [6, 6.07) is 13.9. The van der Waals surface area contributed by atoms with Crippen LogP contribution in [-0.2, 0) is 0 Å². The average Bonchev–Trinajstić information content (AvgIpc) is 3.53. The fraction of sp³-hybridized carbons (Fsp3) is 0.120. The van der Waals surface area contributed by atoms with Gasteiger partial charge in [0.05, 0.1) is 26.8 Å². The van der Waals surface area contributed by atoms with Gasteiger partial charge >= 0.3 is 6.03 Å². The minimum absolute atomic E-state index is 0.177. The number of H-pyrrole nitrogens is 1. The fourth-order valence-electron chi connectivity index (χ4n) is 4.14. The summed E-state index contributed by atoms with van der Waals surface area (Å²) in [5.74, 6) is 0.258. The fourth-order valence-corrected chi connectivity index (χ4v) is 4.85. The van der Waals surface area contributed by atoms with Crippen molar-refractivity contribution in [1.29, 1.82) is 0 Å². The molecule has 0 bridgehead atoms. The number of hydrogen-bond acceptors (Lipinski definition) is 6. The van der Waals surface area contributed by atoms with Crippen molar-refractivity contribution in [1.82, 2.24) is 24.8 Å². The first-order chi connectivity index (χ1) is 17.1. The summed E-state index contributed by atoms with van der Waals surface area (Å²) in [6.07, 6.45) is 4.20. The van der Waals surface area contributed by atoms with Gasteiger partial charge < -0.3 is 20.5 Å². The van der Waals surface area contributed by atoms with Gasteiger partial charge in [-0.1, -0.05) is 18.2 Å². The number of carbonyl (C=O) groups is 1. The highest BCUT2D eigenvalue weighted by molar-refractivity contribution is 7.16. The molecule has 2 aromatic carbocycles. The van der Waals surface area contributed by atoms with E-state index in [1.54, 1.807) is 34.4 Å². The van der Waals surface area contributed by atoms with Gasteiger partial charge in [0.15, 0.2) is 0 Å². The van der Waals surface area contributed by atoms with Gasteiger partial charge in [-0.2, -0.15) is 0 Å². The standard InChI is InChI=1S/C25H20FN7OS/c26-18-3-1-2-4-19(18)32-25(34)33-9-7-15(8-10-33)21-12-17-23(27-13-28-24(17)31-21)30-16-5-6-20-22(11-16)35-14-29-20/h1-7,11-14H,8-10H2,(H,32,34)(H2,27,28,30,31). The molecule has 0 spiro atoms. The molecule has 174 valence electrons. The van der Waals surface area contributed by atoms with Crippen LogP contribution in [0.1, 0.15) is 12.1 Å². The van der Waals surface area contributed by atoms with Gasteiger partial charge in [-0.25, -0.2) is 24.1 Å². The van der Waals surface area contributed by atoms with Crippen LogP contribution in [0.3, 0.4) is 0 Å². The van der Waals surface area contributed by atoms with Gasteiger partial charge in [0.1, 0.15) is 23.6 Å². The molecule has 0 radical (unpaired) electrons. The number of thiazole rings is 1. The summed E-state index contributed by atoms with van der Waals surface area (Å²) in [6.45, 7) is 0.948. The van der Waals surface area contributed by atoms with E-state index < -0.39 is 5.82 Å². The topological polar surface area (TPSA) is 98.8 Å². The Bertz CT molecular complexity index is 1590. The number of para-hydroxylation sites is 1. The Labute approximate surface area is 203 Å². The van der Waals surface area contributed by atoms with E-state index in [0.29, 0.717) is 25.3 Å². The number of rotatable bonds is 4. The Kier molecular flexibility index (Phi) is 5.34. The normalized spacial score (nSPS) is 13.7. The van der Waals surface area contributed by atoms with Crippen LogP contribution < -0.4 is 10.6 Å². The van der Waals surface area contributed by atoms with Crippen molar-refractivity contribution in [3.05, 3.63) is 78.0 Å². The van der Waals surface area contributed by atoms with Crippen LogP contribution in [0.2, 0.25) is 0 Å². The van der Waals surface area contributed by atoms with E-state index in [9.17, 15) is 9.18 Å². The Morgan fingerprint density at radius 3 is 2.89 bits per heavy atom. The van der Waals surface area contributed by atoms with Crippen LogP contribution in [0, 0.1) is 5.82 Å². The van der Waals surface area contributed by atoms with E-state index in [0.717, 1.165) is 38.2 Å². The summed E-state index contributed by atoms with van der Waals surface area (Å²) in [7, 11) is 0. The van der Waals surface area contributed by atoms with Crippen molar-refractivity contribution in [2.75, 3.05) is 23.7 Å². The maximum absolute atomic E-state index is 13.9. The smallest absolute Gasteiger partial charge is 0.322 e. The number of nitrogens with one attached hydrogen (secondary N) is 3. The molecule has 0 unspecified atom stereocenters. The lowest BCUT2D eigenvalue weighted by Gasteiger charge is -2.26. The largest absolute Gasteiger partial charge is 0.340 e. The molecule has 35 heavy (non-hydrogen) atoms. The molecule has 0 saturated carbocycles. The molecule has 1 aliphatic rings. The molecule has 3 aromatic heterocycles. The molecule has 6 rings (SSSR count). The van der Waals surface area contributed by atoms with Crippen molar-refractivity contribution in [3.8, 4) is 0 Å². The monoisotopic (exact) mass is 485 g/mol. The van der Waals surface area contributed by atoms with E-state index in [1.807, 2.05) is 29.8 Å². The third-order valence-corrected chi connectivity index (χ3v) is 6.77. The van der Waals surface area contributed by atoms with Gasteiger partial charge in [0.25, 0.3) is 0 Å². The minimum atomic E-state index is -0.454. The zero-order valence-corrected chi connectivity index (χ0v) is 19.3. The Hall–Kier alpha value is -4.31. The molecular formula is C25H20FN7OS. The second-order valence-electron chi connectivity index (χ2n) is 8.16. The Morgan fingerprint density at radius 2 is 2.03 bits per heavy atom. The van der Waals surface area contributed by atoms with E-state index in [4.69, 9.17) is 0 Å². The van der Waals surface area contributed by atoms with Crippen molar-refractivity contribution in [3.63, 3.8) is 0 Å². The zero-order chi connectivity index (χ0) is 23.8. The quantitative estimate of drug-likeness (QED) is 0.300. The number of carbonyl (C=O) groups excluding carboxylic acids is 1. The van der Waals surface area contributed by atoms with Crippen molar-refractivity contribution in [2.45, 2.75) is 6.42 Å². The van der Waals surface area contributed by atoms with Crippen LogP contribution in [0.25, 0.3) is 26.8 Å². The molecule has 8 nitrogen and oxygen atoms in total. The number of aromatic amines is 1. The highest BCUT2D eigenvalue weighted by Gasteiger charge is 2.20. The lowest BCUT2D eigenvalue weighted by molar-refractivity contribution is 0.217. The molecule has 0 atom stereocenters. The third kappa shape index (κ3) is 4.19.